The fourth-order valence-corrected chi connectivity index (χ4v) is 1.82. The van der Waals surface area contributed by atoms with Crippen molar-refractivity contribution in [2.24, 2.45) is 5.73 Å². The molecule has 5 nitrogen and oxygen atoms in total. The fourth-order valence-electron chi connectivity index (χ4n) is 1.82. The third-order valence-corrected chi connectivity index (χ3v) is 2.87. The van der Waals surface area contributed by atoms with E-state index in [0.29, 0.717) is 23.7 Å². The molecular formula is C15H17N3O2. The Morgan fingerprint density at radius 3 is 2.80 bits per heavy atom. The smallest absolute Gasteiger partial charge is 0.274 e. The minimum Gasteiger partial charge on any atom is -0.495 e. The number of anilines is 1. The molecule has 0 fully saturated rings. The van der Waals surface area contributed by atoms with Gasteiger partial charge in [0.25, 0.3) is 5.91 Å². The van der Waals surface area contributed by atoms with Gasteiger partial charge in [0, 0.05) is 12.2 Å². The molecule has 104 valence electrons. The molecule has 2 rings (SSSR count). The van der Waals surface area contributed by atoms with Gasteiger partial charge >= 0.3 is 0 Å². The first-order chi connectivity index (χ1) is 9.63. The number of nitrogens with zero attached hydrogens (tertiary/aromatic N) is 1. The lowest BCUT2D eigenvalue weighted by atomic mass is 10.2. The first kappa shape index (κ1) is 14.0. The van der Waals surface area contributed by atoms with E-state index < -0.39 is 0 Å². The number of hydrogen-bond acceptors (Lipinski definition) is 4. The van der Waals surface area contributed by atoms with Crippen LogP contribution in [0.1, 0.15) is 21.7 Å². The predicted octanol–water partition coefficient (Wildman–Crippen LogP) is 2.11. The molecule has 1 amide bonds. The SMILES string of the molecule is COc1cc(CN)ccc1NC(=O)c1cccc(C)n1. The number of aryl methyl sites for hydroxylation is 1. The molecule has 0 bridgehead atoms. The van der Waals surface area contributed by atoms with Gasteiger partial charge in [0.15, 0.2) is 0 Å². The Labute approximate surface area is 117 Å². The zero-order valence-electron chi connectivity index (χ0n) is 11.5. The standard InChI is InChI=1S/C15H17N3O2/c1-10-4-3-5-13(17-10)15(19)18-12-7-6-11(9-16)8-14(12)20-2/h3-8H,9,16H2,1-2H3,(H,18,19). The van der Waals surface area contributed by atoms with E-state index in [9.17, 15) is 4.79 Å². The van der Waals surface area contributed by atoms with Gasteiger partial charge in [-0.25, -0.2) is 4.98 Å². The van der Waals surface area contributed by atoms with E-state index in [2.05, 4.69) is 10.3 Å². The number of methoxy groups -OCH3 is 1. The van der Waals surface area contributed by atoms with E-state index in [1.165, 1.54) is 0 Å². The molecule has 20 heavy (non-hydrogen) atoms. The highest BCUT2D eigenvalue weighted by atomic mass is 16.5. The number of pyridine rings is 1. The van der Waals surface area contributed by atoms with Crippen molar-refractivity contribution in [1.82, 2.24) is 4.98 Å². The van der Waals surface area contributed by atoms with E-state index in [1.807, 2.05) is 19.1 Å². The average Bonchev–Trinajstić information content (AvgIpc) is 2.47. The lowest BCUT2D eigenvalue weighted by molar-refractivity contribution is 0.102. The van der Waals surface area contributed by atoms with Crippen molar-refractivity contribution in [2.75, 3.05) is 12.4 Å². The maximum atomic E-state index is 12.1. The van der Waals surface area contributed by atoms with Crippen molar-refractivity contribution in [3.05, 3.63) is 53.3 Å². The summed E-state index contributed by atoms with van der Waals surface area (Å²) in [5, 5.41) is 2.79. The number of amides is 1. The average molecular weight is 271 g/mol. The van der Waals surface area contributed by atoms with Gasteiger partial charge in [0.2, 0.25) is 0 Å². The summed E-state index contributed by atoms with van der Waals surface area (Å²) in [6.07, 6.45) is 0. The van der Waals surface area contributed by atoms with Crippen molar-refractivity contribution >= 4 is 11.6 Å². The van der Waals surface area contributed by atoms with Crippen molar-refractivity contribution < 1.29 is 9.53 Å². The predicted molar refractivity (Wildman–Crippen MR) is 77.8 cm³/mol. The van der Waals surface area contributed by atoms with Gasteiger partial charge in [0.1, 0.15) is 11.4 Å². The van der Waals surface area contributed by atoms with E-state index >= 15 is 0 Å². The van der Waals surface area contributed by atoms with Crippen molar-refractivity contribution in [2.45, 2.75) is 13.5 Å². The van der Waals surface area contributed by atoms with Gasteiger partial charge in [-0.05, 0) is 36.8 Å². The molecule has 0 unspecified atom stereocenters. The van der Waals surface area contributed by atoms with E-state index in [1.54, 1.807) is 31.4 Å². The fraction of sp³-hybridized carbons (Fsp3) is 0.200. The Balaban J connectivity index is 2.23. The van der Waals surface area contributed by atoms with E-state index in [4.69, 9.17) is 10.5 Å². The Bertz CT molecular complexity index is 626. The Morgan fingerprint density at radius 2 is 2.15 bits per heavy atom. The highest BCUT2D eigenvalue weighted by molar-refractivity contribution is 6.03. The van der Waals surface area contributed by atoms with Gasteiger partial charge < -0.3 is 15.8 Å². The minimum absolute atomic E-state index is 0.271. The summed E-state index contributed by atoms with van der Waals surface area (Å²) in [4.78, 5) is 16.3. The second-order valence-corrected chi connectivity index (χ2v) is 4.36. The van der Waals surface area contributed by atoms with Crippen LogP contribution in [0.3, 0.4) is 0 Å². The topological polar surface area (TPSA) is 77.2 Å². The van der Waals surface area contributed by atoms with Crippen LogP contribution in [0.15, 0.2) is 36.4 Å². The molecule has 0 atom stereocenters. The number of benzene rings is 1. The highest BCUT2D eigenvalue weighted by Crippen LogP contribution is 2.25. The second-order valence-electron chi connectivity index (χ2n) is 4.36. The third-order valence-electron chi connectivity index (χ3n) is 2.87. The van der Waals surface area contributed by atoms with Gasteiger partial charge in [-0.3, -0.25) is 4.79 Å². The maximum absolute atomic E-state index is 12.1. The first-order valence-electron chi connectivity index (χ1n) is 6.26. The van der Waals surface area contributed by atoms with Crippen molar-refractivity contribution in [3.63, 3.8) is 0 Å². The molecule has 1 heterocycles. The van der Waals surface area contributed by atoms with Gasteiger partial charge in [-0.2, -0.15) is 0 Å². The van der Waals surface area contributed by atoms with Gasteiger partial charge in [0.05, 0.1) is 12.8 Å². The Hall–Kier alpha value is -2.40. The van der Waals surface area contributed by atoms with Crippen LogP contribution in [-0.4, -0.2) is 18.0 Å². The molecule has 0 saturated carbocycles. The second kappa shape index (κ2) is 6.16. The van der Waals surface area contributed by atoms with Crippen LogP contribution < -0.4 is 15.8 Å². The number of carbonyl (C=O) groups excluding carboxylic acids is 1. The lowest BCUT2D eigenvalue weighted by Crippen LogP contribution is -2.14. The molecule has 2 aromatic rings. The summed E-state index contributed by atoms with van der Waals surface area (Å²) in [7, 11) is 1.55. The van der Waals surface area contributed by atoms with E-state index in [0.717, 1.165) is 11.3 Å². The first-order valence-corrected chi connectivity index (χ1v) is 6.26. The molecular weight excluding hydrogens is 254 g/mol. The lowest BCUT2D eigenvalue weighted by Gasteiger charge is -2.11. The Morgan fingerprint density at radius 1 is 1.35 bits per heavy atom. The molecule has 1 aromatic carbocycles. The molecule has 0 aliphatic rings. The minimum atomic E-state index is -0.271. The van der Waals surface area contributed by atoms with Crippen molar-refractivity contribution in [1.29, 1.82) is 0 Å². The molecule has 1 aromatic heterocycles. The van der Waals surface area contributed by atoms with Crippen molar-refractivity contribution in [3.8, 4) is 5.75 Å². The molecule has 0 aliphatic heterocycles. The molecule has 5 heteroatoms. The summed E-state index contributed by atoms with van der Waals surface area (Å²) in [5.41, 5.74) is 8.28. The summed E-state index contributed by atoms with van der Waals surface area (Å²) in [6.45, 7) is 2.26. The molecule has 0 aliphatic carbocycles. The molecule has 3 N–H and O–H groups in total. The summed E-state index contributed by atoms with van der Waals surface area (Å²) in [6, 6.07) is 10.7. The maximum Gasteiger partial charge on any atom is 0.274 e. The van der Waals surface area contributed by atoms with Crippen LogP contribution in [0.25, 0.3) is 0 Å². The van der Waals surface area contributed by atoms with Crippen LogP contribution in [0.4, 0.5) is 5.69 Å². The normalized spacial score (nSPS) is 10.2. The summed E-state index contributed by atoms with van der Waals surface area (Å²) >= 11 is 0. The quantitative estimate of drug-likeness (QED) is 0.892. The number of carbonyl (C=O) groups is 1. The summed E-state index contributed by atoms with van der Waals surface area (Å²) in [5.74, 6) is 0.307. The zero-order valence-corrected chi connectivity index (χ0v) is 11.5. The number of rotatable bonds is 4. The Kier molecular flexibility index (Phi) is 4.32. The monoisotopic (exact) mass is 271 g/mol. The van der Waals surface area contributed by atoms with Crippen LogP contribution in [0.5, 0.6) is 5.75 Å². The number of aromatic nitrogens is 1. The summed E-state index contributed by atoms with van der Waals surface area (Å²) < 4.78 is 5.26. The van der Waals surface area contributed by atoms with E-state index in [-0.39, 0.29) is 5.91 Å². The van der Waals surface area contributed by atoms with Crippen LogP contribution in [0.2, 0.25) is 0 Å². The number of hydrogen-bond donors (Lipinski definition) is 2. The van der Waals surface area contributed by atoms with Crippen LogP contribution >= 0.6 is 0 Å². The van der Waals surface area contributed by atoms with Gasteiger partial charge in [-0.15, -0.1) is 0 Å². The number of nitrogens with one attached hydrogen (secondary N) is 1. The zero-order chi connectivity index (χ0) is 14.5. The third kappa shape index (κ3) is 3.13. The largest absolute Gasteiger partial charge is 0.495 e. The number of ether oxygens (including phenoxy) is 1. The van der Waals surface area contributed by atoms with Gasteiger partial charge in [-0.1, -0.05) is 12.1 Å². The molecule has 0 spiro atoms. The van der Waals surface area contributed by atoms with Crippen LogP contribution in [-0.2, 0) is 6.54 Å². The highest BCUT2D eigenvalue weighted by Gasteiger charge is 2.11. The molecule has 0 saturated heterocycles. The van der Waals surface area contributed by atoms with Crippen LogP contribution in [0, 0.1) is 6.92 Å². The molecule has 0 radical (unpaired) electrons. The number of nitrogens with two attached hydrogens (primary N) is 1.